The molecule has 8 heteroatoms. The van der Waals surface area contributed by atoms with E-state index in [-0.39, 0.29) is 17.6 Å². The third-order valence-electron chi connectivity index (χ3n) is 5.85. The number of hydrogen-bond acceptors (Lipinski definition) is 7. The topological polar surface area (TPSA) is 93.4 Å². The maximum Gasteiger partial charge on any atom is 0.230 e. The number of fused-ring (bicyclic) bond motifs is 1. The number of nitrogens with zero attached hydrogens (tertiary/aromatic N) is 3. The first-order chi connectivity index (χ1) is 12.6. The molecule has 3 N–H and O–H groups in total. The number of carbonyl (C=O) groups excluding carboxylic acids is 1. The van der Waals surface area contributed by atoms with Gasteiger partial charge in [0.2, 0.25) is 11.9 Å². The van der Waals surface area contributed by atoms with Crippen LogP contribution < -0.4 is 16.0 Å². The van der Waals surface area contributed by atoms with Crippen molar-refractivity contribution in [3.63, 3.8) is 0 Å². The summed E-state index contributed by atoms with van der Waals surface area (Å²) >= 11 is 1.70. The van der Waals surface area contributed by atoms with Crippen LogP contribution in [0, 0.1) is 11.8 Å². The highest BCUT2D eigenvalue weighted by Gasteiger charge is 2.63. The predicted octanol–water partition coefficient (Wildman–Crippen LogP) is 1.30. The zero-order chi connectivity index (χ0) is 18.1. The van der Waals surface area contributed by atoms with E-state index in [1.807, 2.05) is 0 Å². The molecule has 3 saturated heterocycles. The molecule has 0 aliphatic carbocycles. The van der Waals surface area contributed by atoms with Gasteiger partial charge in [-0.1, -0.05) is 6.92 Å². The van der Waals surface area contributed by atoms with Crippen molar-refractivity contribution in [3.05, 3.63) is 12.3 Å². The zero-order valence-corrected chi connectivity index (χ0v) is 16.0. The van der Waals surface area contributed by atoms with Crippen molar-refractivity contribution in [1.29, 1.82) is 0 Å². The maximum absolute atomic E-state index is 12.1. The summed E-state index contributed by atoms with van der Waals surface area (Å²) < 4.78 is 6.42. The molecule has 4 rings (SSSR count). The summed E-state index contributed by atoms with van der Waals surface area (Å²) in [4.78, 5) is 23.0. The average molecular weight is 378 g/mol. The Balaban J connectivity index is 1.39. The minimum absolute atomic E-state index is 0.106. The number of amides is 1. The number of hydrogen-bond donors (Lipinski definition) is 2. The molecule has 3 aliphatic heterocycles. The molecule has 1 aromatic rings. The Bertz CT molecular complexity index is 675. The number of ether oxygens (including phenoxy) is 1. The van der Waals surface area contributed by atoms with Gasteiger partial charge in [-0.25, -0.2) is 4.98 Å². The van der Waals surface area contributed by atoms with Crippen LogP contribution in [0.15, 0.2) is 12.3 Å². The Labute approximate surface area is 158 Å². The highest BCUT2D eigenvalue weighted by atomic mass is 32.2. The molecule has 0 radical (unpaired) electrons. The fourth-order valence-electron chi connectivity index (χ4n) is 4.72. The number of nitrogen functional groups attached to an aromatic ring is 1. The van der Waals surface area contributed by atoms with Crippen molar-refractivity contribution in [3.8, 4) is 0 Å². The van der Waals surface area contributed by atoms with Gasteiger partial charge in [0.25, 0.3) is 0 Å². The van der Waals surface area contributed by atoms with Crippen LogP contribution in [-0.4, -0.2) is 58.7 Å². The predicted molar refractivity (Wildman–Crippen MR) is 103 cm³/mol. The van der Waals surface area contributed by atoms with Crippen LogP contribution in [0.25, 0.3) is 0 Å². The van der Waals surface area contributed by atoms with Gasteiger partial charge in [-0.2, -0.15) is 16.7 Å². The van der Waals surface area contributed by atoms with Crippen LogP contribution in [0.2, 0.25) is 0 Å². The van der Waals surface area contributed by atoms with E-state index in [9.17, 15) is 4.79 Å². The fraction of sp³-hybridized carbons (Fsp3) is 0.722. The molecule has 1 amide bonds. The van der Waals surface area contributed by atoms with Gasteiger partial charge < -0.3 is 20.7 Å². The lowest BCUT2D eigenvalue weighted by molar-refractivity contribution is -0.118. The van der Waals surface area contributed by atoms with Gasteiger partial charge in [0.05, 0.1) is 24.0 Å². The molecule has 0 unspecified atom stereocenters. The summed E-state index contributed by atoms with van der Waals surface area (Å²) in [5.41, 5.74) is 5.71. The molecule has 4 atom stereocenters. The average Bonchev–Trinajstić information content (AvgIpc) is 3.28. The van der Waals surface area contributed by atoms with Gasteiger partial charge in [-0.3, -0.25) is 4.79 Å². The molecule has 142 valence electrons. The number of anilines is 2. The number of nitrogens with one attached hydrogen (secondary N) is 1. The van der Waals surface area contributed by atoms with Crippen LogP contribution in [0.5, 0.6) is 0 Å². The Kier molecular flexibility index (Phi) is 4.96. The standard InChI is InChI=1S/C18H27N5O2S/c1-2-7-26-10-16(24)21-8-12-13-9-23(17-20-6-4-15(19)22-17)11-18(13)5-3-14(12)25-18/h4,6,12-14H,2-3,5,7-11H2,1H3,(H,21,24)(H2,19,20,22)/t12-,13+,14+,18+/m0/s1. The van der Waals surface area contributed by atoms with Crippen LogP contribution in [-0.2, 0) is 9.53 Å². The maximum atomic E-state index is 12.1. The Morgan fingerprint density at radius 3 is 3.27 bits per heavy atom. The van der Waals surface area contributed by atoms with E-state index >= 15 is 0 Å². The van der Waals surface area contributed by atoms with Gasteiger partial charge in [0, 0.05) is 31.1 Å². The van der Waals surface area contributed by atoms with Gasteiger partial charge in [0.15, 0.2) is 0 Å². The molecule has 4 heterocycles. The minimum Gasteiger partial charge on any atom is -0.384 e. The van der Waals surface area contributed by atoms with Gasteiger partial charge in [0.1, 0.15) is 5.82 Å². The van der Waals surface area contributed by atoms with Crippen molar-refractivity contribution >= 4 is 29.4 Å². The van der Waals surface area contributed by atoms with Crippen molar-refractivity contribution in [2.45, 2.75) is 37.9 Å². The third-order valence-corrected chi connectivity index (χ3v) is 7.01. The lowest BCUT2D eigenvalue weighted by Gasteiger charge is -2.29. The highest BCUT2D eigenvalue weighted by Crippen LogP contribution is 2.54. The van der Waals surface area contributed by atoms with Crippen LogP contribution in [0.1, 0.15) is 26.2 Å². The molecular formula is C18H27N5O2S. The van der Waals surface area contributed by atoms with Gasteiger partial charge in [-0.15, -0.1) is 0 Å². The highest BCUT2D eigenvalue weighted by molar-refractivity contribution is 7.99. The molecule has 0 aromatic carbocycles. The number of rotatable bonds is 7. The molecular weight excluding hydrogens is 350 g/mol. The number of thioether (sulfide) groups is 1. The molecule has 3 fully saturated rings. The summed E-state index contributed by atoms with van der Waals surface area (Å²) in [6, 6.07) is 1.70. The number of nitrogens with two attached hydrogens (primary N) is 1. The largest absolute Gasteiger partial charge is 0.384 e. The second-order valence-electron chi connectivity index (χ2n) is 7.55. The van der Waals surface area contributed by atoms with E-state index in [1.54, 1.807) is 24.0 Å². The molecule has 3 aliphatic rings. The summed E-state index contributed by atoms with van der Waals surface area (Å²) in [5, 5.41) is 3.13. The molecule has 1 spiro atoms. The zero-order valence-electron chi connectivity index (χ0n) is 15.2. The quantitative estimate of drug-likeness (QED) is 0.692. The minimum atomic E-state index is -0.106. The molecule has 2 bridgehead atoms. The van der Waals surface area contributed by atoms with Crippen LogP contribution in [0.4, 0.5) is 11.8 Å². The molecule has 0 saturated carbocycles. The third kappa shape index (κ3) is 3.24. The fourth-order valence-corrected chi connectivity index (χ4v) is 5.44. The van der Waals surface area contributed by atoms with Crippen LogP contribution >= 0.6 is 11.8 Å². The lowest BCUT2D eigenvalue weighted by Crippen LogP contribution is -2.42. The lowest BCUT2D eigenvalue weighted by atomic mass is 9.73. The first-order valence-corrected chi connectivity index (χ1v) is 10.6. The van der Waals surface area contributed by atoms with Crippen molar-refractivity contribution in [1.82, 2.24) is 15.3 Å². The van der Waals surface area contributed by atoms with E-state index in [0.717, 1.165) is 38.1 Å². The number of aromatic nitrogens is 2. The van der Waals surface area contributed by atoms with Gasteiger partial charge in [-0.05, 0) is 31.1 Å². The number of carbonyl (C=O) groups is 1. The summed E-state index contributed by atoms with van der Waals surface area (Å²) in [6.07, 6.45) is 5.23. The second-order valence-corrected chi connectivity index (χ2v) is 8.65. The van der Waals surface area contributed by atoms with E-state index in [0.29, 0.717) is 35.9 Å². The van der Waals surface area contributed by atoms with Crippen molar-refractivity contribution in [2.75, 3.05) is 41.8 Å². The van der Waals surface area contributed by atoms with E-state index in [4.69, 9.17) is 10.5 Å². The summed E-state index contributed by atoms with van der Waals surface area (Å²) in [5.74, 6) is 3.66. The molecule has 7 nitrogen and oxygen atoms in total. The summed E-state index contributed by atoms with van der Waals surface area (Å²) in [6.45, 7) is 4.51. The summed E-state index contributed by atoms with van der Waals surface area (Å²) in [7, 11) is 0. The van der Waals surface area contributed by atoms with E-state index in [1.165, 1.54) is 0 Å². The normalized spacial score (nSPS) is 32.0. The Hall–Kier alpha value is -1.54. The Morgan fingerprint density at radius 2 is 2.46 bits per heavy atom. The molecule has 1 aromatic heterocycles. The first-order valence-electron chi connectivity index (χ1n) is 9.47. The van der Waals surface area contributed by atoms with Crippen LogP contribution in [0.3, 0.4) is 0 Å². The van der Waals surface area contributed by atoms with Gasteiger partial charge >= 0.3 is 0 Å². The van der Waals surface area contributed by atoms with Crippen molar-refractivity contribution in [2.24, 2.45) is 11.8 Å². The van der Waals surface area contributed by atoms with E-state index < -0.39 is 0 Å². The smallest absolute Gasteiger partial charge is 0.230 e. The second kappa shape index (κ2) is 7.23. The molecule has 26 heavy (non-hydrogen) atoms. The van der Waals surface area contributed by atoms with Crippen molar-refractivity contribution < 1.29 is 9.53 Å². The van der Waals surface area contributed by atoms with E-state index in [2.05, 4.69) is 27.1 Å². The Morgan fingerprint density at radius 1 is 1.58 bits per heavy atom. The first kappa shape index (κ1) is 17.9. The SMILES string of the molecule is CCCSCC(=O)NC[C@H]1[C@H]2CN(c3nccc(N)n3)C[C@]23CC[C@H]1O3. The monoisotopic (exact) mass is 377 g/mol.